The monoisotopic (exact) mass is 227 g/mol. The summed E-state index contributed by atoms with van der Waals surface area (Å²) in [5, 5.41) is 0. The maximum absolute atomic E-state index is 13.4. The summed E-state index contributed by atoms with van der Waals surface area (Å²) >= 11 is 0. The molecule has 0 saturated carbocycles. The number of hydrogen-bond donors (Lipinski definition) is 1. The lowest BCUT2D eigenvalue weighted by Gasteiger charge is -2.08. The fourth-order valence-corrected chi connectivity index (χ4v) is 1.39. The number of nitrogens with zero attached hydrogens (tertiary/aromatic N) is 2. The molecule has 0 fully saturated rings. The van der Waals surface area contributed by atoms with Gasteiger partial charge in [0.25, 0.3) is 0 Å². The summed E-state index contributed by atoms with van der Waals surface area (Å²) in [6, 6.07) is 1.99. The lowest BCUT2D eigenvalue weighted by atomic mass is 10.2. The van der Waals surface area contributed by atoms with Crippen molar-refractivity contribution < 1.29 is 13.2 Å². The topological polar surface area (TPSA) is 43.8 Å². The van der Waals surface area contributed by atoms with Crippen LogP contribution in [-0.4, -0.2) is 9.55 Å². The maximum Gasteiger partial charge on any atom is 0.196 e. The summed E-state index contributed by atoms with van der Waals surface area (Å²) in [6.45, 7) is 0.123. The molecule has 0 bridgehead atoms. The lowest BCUT2D eigenvalue weighted by molar-refractivity contribution is 0.444. The van der Waals surface area contributed by atoms with Crippen LogP contribution in [-0.2, 0) is 6.54 Å². The molecule has 1 heterocycles. The van der Waals surface area contributed by atoms with Gasteiger partial charge in [0, 0.05) is 12.7 Å². The van der Waals surface area contributed by atoms with Gasteiger partial charge in [0.1, 0.15) is 0 Å². The Morgan fingerprint density at radius 2 is 1.94 bits per heavy atom. The highest BCUT2D eigenvalue weighted by molar-refractivity contribution is 5.36. The van der Waals surface area contributed by atoms with Gasteiger partial charge in [-0.1, -0.05) is 0 Å². The molecule has 16 heavy (non-hydrogen) atoms. The molecule has 6 heteroatoms. The highest BCUT2D eigenvalue weighted by Crippen LogP contribution is 2.20. The number of imidazole rings is 1. The van der Waals surface area contributed by atoms with Gasteiger partial charge in [-0.25, -0.2) is 18.2 Å². The minimum atomic E-state index is -1.51. The molecular formula is C10H8F3N3. The predicted octanol–water partition coefficient (Wildman–Crippen LogP) is 1.75. The second kappa shape index (κ2) is 3.97. The Kier molecular flexibility index (Phi) is 2.66. The Balaban J connectivity index is 2.61. The van der Waals surface area contributed by atoms with Gasteiger partial charge in [-0.05, 0) is 12.1 Å². The van der Waals surface area contributed by atoms with Gasteiger partial charge in [-0.2, -0.15) is 0 Å². The van der Waals surface area contributed by atoms with E-state index < -0.39 is 17.5 Å². The second-order valence-corrected chi connectivity index (χ2v) is 3.15. The van der Waals surface area contributed by atoms with Crippen molar-refractivity contribution in [3.63, 3.8) is 0 Å². The van der Waals surface area contributed by atoms with Crippen LogP contribution in [0.3, 0.4) is 0 Å². The lowest BCUT2D eigenvalue weighted by Crippen LogP contribution is -2.07. The number of hydrogen-bond acceptors (Lipinski definition) is 2. The van der Waals surface area contributed by atoms with Gasteiger partial charge in [0.05, 0.1) is 17.7 Å². The van der Waals surface area contributed by atoms with E-state index in [1.165, 1.54) is 17.1 Å². The van der Waals surface area contributed by atoms with Crippen LogP contribution in [0.1, 0.15) is 5.69 Å². The van der Waals surface area contributed by atoms with E-state index in [4.69, 9.17) is 5.73 Å². The first kappa shape index (κ1) is 10.7. The number of rotatable bonds is 2. The molecule has 84 valence electrons. The summed E-state index contributed by atoms with van der Waals surface area (Å²) < 4.78 is 40.4. The molecule has 2 rings (SSSR count). The van der Waals surface area contributed by atoms with E-state index in [2.05, 4.69) is 4.98 Å². The summed E-state index contributed by atoms with van der Waals surface area (Å²) in [5.41, 5.74) is 5.79. The first-order valence-electron chi connectivity index (χ1n) is 4.50. The molecule has 2 N–H and O–H groups in total. The molecule has 0 aliphatic carbocycles. The second-order valence-electron chi connectivity index (χ2n) is 3.15. The van der Waals surface area contributed by atoms with Crippen molar-refractivity contribution in [2.75, 3.05) is 0 Å². The molecule has 0 spiro atoms. The third kappa shape index (κ3) is 1.57. The van der Waals surface area contributed by atoms with Crippen molar-refractivity contribution >= 4 is 0 Å². The number of aromatic nitrogens is 2. The minimum absolute atomic E-state index is 0.114. The van der Waals surface area contributed by atoms with Crippen LogP contribution in [0.2, 0.25) is 0 Å². The van der Waals surface area contributed by atoms with Gasteiger partial charge >= 0.3 is 0 Å². The van der Waals surface area contributed by atoms with Gasteiger partial charge in [-0.3, -0.25) is 4.57 Å². The van der Waals surface area contributed by atoms with Gasteiger partial charge in [0.2, 0.25) is 0 Å². The molecule has 0 aliphatic rings. The van der Waals surface area contributed by atoms with Crippen molar-refractivity contribution in [1.82, 2.24) is 9.55 Å². The van der Waals surface area contributed by atoms with Crippen LogP contribution < -0.4 is 5.73 Å². The van der Waals surface area contributed by atoms with Crippen LogP contribution in [0, 0.1) is 17.5 Å². The summed E-state index contributed by atoms with van der Waals surface area (Å²) in [4.78, 5) is 3.76. The standard InChI is InChI=1S/C10H8F3N3/c11-7-1-2-8(10(13)9(7)12)16-5-15-4-6(16)3-14/h1-2,4-5H,3,14H2. The summed E-state index contributed by atoms with van der Waals surface area (Å²) in [7, 11) is 0. The highest BCUT2D eigenvalue weighted by atomic mass is 19.2. The number of benzene rings is 1. The SMILES string of the molecule is NCc1cncn1-c1ccc(F)c(F)c1F. The van der Waals surface area contributed by atoms with Crippen LogP contribution >= 0.6 is 0 Å². The Bertz CT molecular complexity index is 522. The van der Waals surface area contributed by atoms with Crippen LogP contribution in [0.25, 0.3) is 5.69 Å². The Hall–Kier alpha value is -1.82. The van der Waals surface area contributed by atoms with E-state index in [1.807, 2.05) is 0 Å². The van der Waals surface area contributed by atoms with Gasteiger partial charge < -0.3 is 5.73 Å². The Morgan fingerprint density at radius 3 is 2.62 bits per heavy atom. The van der Waals surface area contributed by atoms with E-state index in [0.29, 0.717) is 5.69 Å². The zero-order chi connectivity index (χ0) is 11.7. The Labute approximate surface area is 89.3 Å². The molecule has 0 unspecified atom stereocenters. The molecule has 1 aromatic carbocycles. The quantitative estimate of drug-likeness (QED) is 0.794. The number of nitrogens with two attached hydrogens (primary N) is 1. The average molecular weight is 227 g/mol. The van der Waals surface area contributed by atoms with Gasteiger partial charge in [0.15, 0.2) is 17.5 Å². The molecule has 0 saturated heterocycles. The molecule has 0 atom stereocenters. The van der Waals surface area contributed by atoms with Crippen LogP contribution in [0.5, 0.6) is 0 Å². The van der Waals surface area contributed by atoms with Crippen molar-refractivity contribution in [3.05, 3.63) is 47.8 Å². The van der Waals surface area contributed by atoms with E-state index in [9.17, 15) is 13.2 Å². The first-order valence-corrected chi connectivity index (χ1v) is 4.50. The normalized spacial score (nSPS) is 10.8. The smallest absolute Gasteiger partial charge is 0.196 e. The predicted molar refractivity (Wildman–Crippen MR) is 51.3 cm³/mol. The zero-order valence-electron chi connectivity index (χ0n) is 8.12. The third-order valence-corrected chi connectivity index (χ3v) is 2.20. The summed E-state index contributed by atoms with van der Waals surface area (Å²) in [5.74, 6) is -3.99. The van der Waals surface area contributed by atoms with Crippen molar-refractivity contribution in [3.8, 4) is 5.69 Å². The fraction of sp³-hybridized carbons (Fsp3) is 0.100. The van der Waals surface area contributed by atoms with E-state index in [-0.39, 0.29) is 12.2 Å². The van der Waals surface area contributed by atoms with E-state index in [0.717, 1.165) is 12.1 Å². The molecule has 2 aromatic rings. The van der Waals surface area contributed by atoms with E-state index in [1.54, 1.807) is 0 Å². The molecule has 0 aliphatic heterocycles. The van der Waals surface area contributed by atoms with Crippen molar-refractivity contribution in [1.29, 1.82) is 0 Å². The van der Waals surface area contributed by atoms with Crippen LogP contribution in [0.4, 0.5) is 13.2 Å². The maximum atomic E-state index is 13.4. The fourth-order valence-electron chi connectivity index (χ4n) is 1.39. The third-order valence-electron chi connectivity index (χ3n) is 2.20. The molecular weight excluding hydrogens is 219 g/mol. The Morgan fingerprint density at radius 1 is 1.19 bits per heavy atom. The minimum Gasteiger partial charge on any atom is -0.325 e. The molecule has 1 aromatic heterocycles. The summed E-state index contributed by atoms with van der Waals surface area (Å²) in [6.07, 6.45) is 2.72. The van der Waals surface area contributed by atoms with Gasteiger partial charge in [-0.15, -0.1) is 0 Å². The van der Waals surface area contributed by atoms with E-state index >= 15 is 0 Å². The molecule has 0 radical (unpaired) electrons. The molecule has 0 amide bonds. The number of halogens is 3. The molecule has 3 nitrogen and oxygen atoms in total. The van der Waals surface area contributed by atoms with Crippen LogP contribution in [0.15, 0.2) is 24.7 Å². The zero-order valence-corrected chi connectivity index (χ0v) is 8.12. The largest absolute Gasteiger partial charge is 0.325 e. The highest BCUT2D eigenvalue weighted by Gasteiger charge is 2.15. The van der Waals surface area contributed by atoms with Crippen molar-refractivity contribution in [2.24, 2.45) is 5.73 Å². The average Bonchev–Trinajstić information content (AvgIpc) is 2.74. The first-order chi connectivity index (χ1) is 7.65. The van der Waals surface area contributed by atoms with Crippen molar-refractivity contribution in [2.45, 2.75) is 6.54 Å².